The van der Waals surface area contributed by atoms with Crippen molar-refractivity contribution in [3.05, 3.63) is 74.7 Å². The first-order valence-corrected chi connectivity index (χ1v) is 13.4. The van der Waals surface area contributed by atoms with Crippen molar-refractivity contribution in [2.75, 3.05) is 13.1 Å². The van der Waals surface area contributed by atoms with Crippen LogP contribution in [0.1, 0.15) is 68.7 Å². The molecule has 202 valence electrons. The largest absolute Gasteiger partial charge is 0.384 e. The third-order valence-corrected chi connectivity index (χ3v) is 7.89. The molecule has 1 unspecified atom stereocenters. The molecule has 0 bridgehead atoms. The van der Waals surface area contributed by atoms with Crippen molar-refractivity contribution in [3.8, 4) is 0 Å². The van der Waals surface area contributed by atoms with E-state index in [1.54, 1.807) is 54.1 Å². The number of hydrogen-bond acceptors (Lipinski definition) is 6. The molecule has 3 heterocycles. The molecule has 10 heteroatoms. The van der Waals surface area contributed by atoms with Crippen LogP contribution < -0.4 is 5.32 Å². The van der Waals surface area contributed by atoms with E-state index >= 15 is 0 Å². The number of hydrogen-bond donors (Lipinski definition) is 3. The van der Waals surface area contributed by atoms with E-state index < -0.39 is 5.60 Å². The number of pyridine rings is 1. The van der Waals surface area contributed by atoms with E-state index in [1.165, 1.54) is 0 Å². The van der Waals surface area contributed by atoms with E-state index in [1.807, 2.05) is 26.8 Å². The number of carbonyl (C=O) groups is 2. The summed E-state index contributed by atoms with van der Waals surface area (Å²) in [5.74, 6) is -0.459. The molecule has 3 N–H and O–H groups in total. The number of likely N-dealkylation sites (tertiary alicyclic amines) is 1. The molecule has 1 aromatic carbocycles. The van der Waals surface area contributed by atoms with Gasteiger partial charge in [-0.2, -0.15) is 0 Å². The normalized spacial score (nSPS) is 23.4. The van der Waals surface area contributed by atoms with Crippen molar-refractivity contribution in [1.29, 1.82) is 5.41 Å². The Labute approximate surface area is 233 Å². The van der Waals surface area contributed by atoms with E-state index in [-0.39, 0.29) is 36.5 Å². The predicted octanol–water partition coefficient (Wildman–Crippen LogP) is 4.71. The van der Waals surface area contributed by atoms with Crippen molar-refractivity contribution >= 4 is 40.7 Å². The Morgan fingerprint density at radius 2 is 1.92 bits per heavy atom. The average molecular weight is 559 g/mol. The van der Waals surface area contributed by atoms with Crippen LogP contribution in [0.5, 0.6) is 0 Å². The topological polar surface area (TPSA) is 110 Å². The summed E-state index contributed by atoms with van der Waals surface area (Å²) in [5.41, 5.74) is 1.93. The van der Waals surface area contributed by atoms with Gasteiger partial charge in [0.1, 0.15) is 11.3 Å². The van der Waals surface area contributed by atoms with Crippen LogP contribution in [-0.4, -0.2) is 62.6 Å². The number of aromatic nitrogens is 1. The third kappa shape index (κ3) is 5.58. The monoisotopic (exact) mass is 557 g/mol. The number of piperidine rings is 1. The molecular formula is C28H33Cl2N5O3. The van der Waals surface area contributed by atoms with Gasteiger partial charge in [-0.25, -0.2) is 0 Å². The van der Waals surface area contributed by atoms with Crippen molar-refractivity contribution in [1.82, 2.24) is 20.1 Å². The van der Waals surface area contributed by atoms with Crippen molar-refractivity contribution in [3.63, 3.8) is 0 Å². The molecular weight excluding hydrogens is 525 g/mol. The fraction of sp³-hybridized carbons (Fsp3) is 0.429. The molecule has 0 saturated carbocycles. The highest BCUT2D eigenvalue weighted by atomic mass is 35.5. The number of nitrogens with zero attached hydrogens (tertiary/aromatic N) is 3. The summed E-state index contributed by atoms with van der Waals surface area (Å²) in [6.07, 6.45) is 2.01. The van der Waals surface area contributed by atoms with Gasteiger partial charge >= 0.3 is 0 Å². The predicted molar refractivity (Wildman–Crippen MR) is 149 cm³/mol. The highest BCUT2D eigenvalue weighted by Crippen LogP contribution is 2.30. The lowest BCUT2D eigenvalue weighted by atomic mass is 9.92. The molecule has 2 aliphatic heterocycles. The van der Waals surface area contributed by atoms with Gasteiger partial charge in [0.05, 0.1) is 28.3 Å². The maximum absolute atomic E-state index is 13.8. The van der Waals surface area contributed by atoms with E-state index in [0.29, 0.717) is 51.3 Å². The van der Waals surface area contributed by atoms with E-state index in [2.05, 4.69) is 10.3 Å². The van der Waals surface area contributed by atoms with Crippen LogP contribution in [0, 0.1) is 5.41 Å². The minimum Gasteiger partial charge on any atom is -0.384 e. The molecule has 2 aliphatic rings. The molecule has 4 rings (SSSR count). The van der Waals surface area contributed by atoms with Gasteiger partial charge in [-0.3, -0.25) is 14.6 Å². The Morgan fingerprint density at radius 3 is 2.53 bits per heavy atom. The van der Waals surface area contributed by atoms with Gasteiger partial charge in [0.25, 0.3) is 11.8 Å². The maximum Gasteiger partial charge on any atom is 0.270 e. The van der Waals surface area contributed by atoms with Crippen LogP contribution in [0.15, 0.2) is 47.8 Å². The highest BCUT2D eigenvalue weighted by molar-refractivity contribution is 6.42. The fourth-order valence-corrected chi connectivity index (χ4v) is 5.17. The van der Waals surface area contributed by atoms with Gasteiger partial charge in [0.15, 0.2) is 0 Å². The quantitative estimate of drug-likeness (QED) is 0.472. The lowest BCUT2D eigenvalue weighted by Crippen LogP contribution is -2.54. The summed E-state index contributed by atoms with van der Waals surface area (Å²) in [7, 11) is 0. The number of nitrogens with one attached hydrogen (secondary N) is 2. The number of rotatable bonds is 4. The van der Waals surface area contributed by atoms with E-state index in [9.17, 15) is 14.7 Å². The van der Waals surface area contributed by atoms with Crippen molar-refractivity contribution in [2.45, 2.75) is 64.8 Å². The summed E-state index contributed by atoms with van der Waals surface area (Å²) < 4.78 is 0. The van der Waals surface area contributed by atoms with Crippen LogP contribution in [0.2, 0.25) is 10.0 Å². The first-order valence-electron chi connectivity index (χ1n) is 12.6. The molecule has 3 atom stereocenters. The van der Waals surface area contributed by atoms with Gasteiger partial charge in [0, 0.05) is 48.1 Å². The Bertz CT molecular complexity index is 1300. The van der Waals surface area contributed by atoms with Crippen LogP contribution >= 0.6 is 23.2 Å². The number of carbonyl (C=O) groups excluding carboxylic acids is 2. The molecule has 2 fully saturated rings. The standard InChI is InChI=1S/C28H33Cl2N5O3/c1-15-13-35(17(3)19-7-9-24(32-12-19)28(4,5)38)27(37)25(33-15)20-14-34(16(2)10-23(20)31)26(36)18-6-8-21(29)22(30)11-18/h6-9,11-12,15-17,31,33,38H,10,13-14H2,1-5H3/b25-20-,31-23?/t15-,16-,17?/m1/s1. The number of halogens is 2. The molecule has 8 nitrogen and oxygen atoms in total. The fourth-order valence-electron chi connectivity index (χ4n) is 4.87. The smallest absolute Gasteiger partial charge is 0.270 e. The summed E-state index contributed by atoms with van der Waals surface area (Å²) in [6, 6.07) is 7.83. The molecule has 1 aromatic heterocycles. The number of aliphatic hydroxyl groups is 1. The van der Waals surface area contributed by atoms with Crippen LogP contribution in [0.3, 0.4) is 0 Å². The van der Waals surface area contributed by atoms with Crippen LogP contribution in [0.4, 0.5) is 0 Å². The summed E-state index contributed by atoms with van der Waals surface area (Å²) in [5, 5.41) is 22.9. The molecule has 2 saturated heterocycles. The molecule has 38 heavy (non-hydrogen) atoms. The van der Waals surface area contributed by atoms with Gasteiger partial charge < -0.3 is 25.6 Å². The summed E-state index contributed by atoms with van der Waals surface area (Å²) >= 11 is 12.2. The first kappa shape index (κ1) is 28.1. The zero-order chi connectivity index (χ0) is 27.9. The molecule has 2 aromatic rings. The SMILES string of the molecule is CC(c1ccc(C(C)(C)O)nc1)N1C[C@@H](C)N/C(=C2/CN(C(=O)c3ccc(Cl)c(Cl)c3)[C@H](C)CC2=N)C1=O. The van der Waals surface area contributed by atoms with Gasteiger partial charge in [-0.1, -0.05) is 29.3 Å². The molecule has 0 spiro atoms. The third-order valence-electron chi connectivity index (χ3n) is 7.15. The Morgan fingerprint density at radius 1 is 1.21 bits per heavy atom. The summed E-state index contributed by atoms with van der Waals surface area (Å²) in [6.45, 7) is 9.76. The first-order chi connectivity index (χ1) is 17.8. The number of piperazine rings is 1. The zero-order valence-electron chi connectivity index (χ0n) is 22.2. The van der Waals surface area contributed by atoms with Crippen molar-refractivity contribution < 1.29 is 14.7 Å². The number of benzene rings is 1. The second-order valence-electron chi connectivity index (χ2n) is 10.7. The lowest BCUT2D eigenvalue weighted by molar-refractivity contribution is -0.132. The number of amides is 2. The zero-order valence-corrected chi connectivity index (χ0v) is 23.7. The van der Waals surface area contributed by atoms with E-state index in [4.69, 9.17) is 28.6 Å². The van der Waals surface area contributed by atoms with Gasteiger partial charge in [0.2, 0.25) is 0 Å². The Balaban J connectivity index is 1.63. The second-order valence-corrected chi connectivity index (χ2v) is 11.5. The second kappa shape index (κ2) is 10.7. The van der Waals surface area contributed by atoms with Crippen molar-refractivity contribution in [2.24, 2.45) is 0 Å². The van der Waals surface area contributed by atoms with E-state index in [0.717, 1.165) is 5.56 Å². The minimum atomic E-state index is -1.06. The maximum atomic E-state index is 13.8. The van der Waals surface area contributed by atoms with Crippen LogP contribution in [-0.2, 0) is 10.4 Å². The molecule has 0 radical (unpaired) electrons. The van der Waals surface area contributed by atoms with Gasteiger partial charge in [-0.15, -0.1) is 0 Å². The lowest BCUT2D eigenvalue weighted by Gasteiger charge is -2.41. The van der Waals surface area contributed by atoms with Crippen LogP contribution in [0.25, 0.3) is 0 Å². The Hall–Kier alpha value is -2.94. The molecule has 2 amide bonds. The summed E-state index contributed by atoms with van der Waals surface area (Å²) in [4.78, 5) is 35.0. The minimum absolute atomic E-state index is 0.0624. The van der Waals surface area contributed by atoms with Gasteiger partial charge in [-0.05, 0) is 64.4 Å². The average Bonchev–Trinajstić information content (AvgIpc) is 2.86. The molecule has 0 aliphatic carbocycles. The Kier molecular flexibility index (Phi) is 7.89. The highest BCUT2D eigenvalue weighted by Gasteiger charge is 2.38.